The van der Waals surface area contributed by atoms with E-state index in [1.165, 1.54) is 0 Å². The van der Waals surface area contributed by atoms with Crippen LogP contribution in [0.2, 0.25) is 0 Å². The molecule has 2 rings (SSSR count). The average molecular weight is 234 g/mol. The van der Waals surface area contributed by atoms with E-state index in [0.717, 1.165) is 11.4 Å². The van der Waals surface area contributed by atoms with Gasteiger partial charge in [-0.15, -0.1) is 0 Å². The number of carbonyl (C=O) groups is 1. The van der Waals surface area contributed by atoms with Crippen LogP contribution in [0.15, 0.2) is 24.3 Å². The third-order valence-corrected chi connectivity index (χ3v) is 3.13. The minimum absolute atomic E-state index is 0.0177. The van der Waals surface area contributed by atoms with Crippen molar-refractivity contribution in [2.75, 3.05) is 11.5 Å². The Balaban J connectivity index is 2.36. The van der Waals surface area contributed by atoms with Crippen LogP contribution in [0.1, 0.15) is 20.3 Å². The van der Waals surface area contributed by atoms with Crippen molar-refractivity contribution in [1.82, 2.24) is 0 Å². The molecule has 2 N–H and O–H groups in total. The fourth-order valence-corrected chi connectivity index (χ4v) is 2.18. The molecule has 0 aromatic heterocycles. The first-order chi connectivity index (χ1) is 8.15. The van der Waals surface area contributed by atoms with Gasteiger partial charge in [0.15, 0.2) is 0 Å². The van der Waals surface area contributed by atoms with Crippen molar-refractivity contribution in [3.05, 3.63) is 24.3 Å². The summed E-state index contributed by atoms with van der Waals surface area (Å²) in [6, 6.07) is 7.50. The molecular weight excluding hydrogens is 216 g/mol. The Hall–Kier alpha value is -1.55. The molecule has 0 radical (unpaired) electrons. The highest BCUT2D eigenvalue weighted by Crippen LogP contribution is 2.33. The molecule has 1 amide bonds. The van der Waals surface area contributed by atoms with Gasteiger partial charge in [0.1, 0.15) is 5.75 Å². The molecule has 92 valence electrons. The average Bonchev–Trinajstić information content (AvgIpc) is 2.55. The summed E-state index contributed by atoms with van der Waals surface area (Å²) in [5.74, 6) is 0.807. The van der Waals surface area contributed by atoms with Gasteiger partial charge in [-0.05, 0) is 26.0 Å². The zero-order chi connectivity index (χ0) is 12.4. The van der Waals surface area contributed by atoms with E-state index in [2.05, 4.69) is 0 Å². The third-order valence-electron chi connectivity index (χ3n) is 3.13. The van der Waals surface area contributed by atoms with Crippen LogP contribution in [0.3, 0.4) is 0 Å². The summed E-state index contributed by atoms with van der Waals surface area (Å²) in [4.78, 5) is 13.7. The molecule has 0 bridgehead atoms. The molecule has 4 heteroatoms. The SMILES string of the molecule is CCOc1ccccc1N1C(=O)CC(N)C1C. The summed E-state index contributed by atoms with van der Waals surface area (Å²) in [5, 5.41) is 0. The number of para-hydroxylation sites is 2. The number of ether oxygens (including phenoxy) is 1. The number of anilines is 1. The second-order valence-electron chi connectivity index (χ2n) is 4.27. The standard InChI is InChI=1S/C13H18N2O2/c1-3-17-12-7-5-4-6-11(12)15-9(2)10(14)8-13(15)16/h4-7,9-10H,3,8,14H2,1-2H3. The minimum atomic E-state index is -0.0998. The van der Waals surface area contributed by atoms with Crippen LogP contribution in [0.4, 0.5) is 5.69 Å². The predicted octanol–water partition coefficient (Wildman–Crippen LogP) is 1.54. The van der Waals surface area contributed by atoms with Crippen LogP contribution in [0.25, 0.3) is 0 Å². The number of carbonyl (C=O) groups excluding carboxylic acids is 1. The van der Waals surface area contributed by atoms with Crippen LogP contribution in [0, 0.1) is 0 Å². The van der Waals surface area contributed by atoms with Gasteiger partial charge in [-0.3, -0.25) is 4.79 Å². The number of hydrogen-bond donors (Lipinski definition) is 1. The van der Waals surface area contributed by atoms with E-state index in [9.17, 15) is 4.79 Å². The molecule has 1 heterocycles. The Morgan fingerprint density at radius 2 is 2.18 bits per heavy atom. The fourth-order valence-electron chi connectivity index (χ4n) is 2.18. The molecule has 17 heavy (non-hydrogen) atoms. The Morgan fingerprint density at radius 1 is 1.47 bits per heavy atom. The summed E-state index contributed by atoms with van der Waals surface area (Å²) in [6.45, 7) is 4.48. The van der Waals surface area contributed by atoms with Gasteiger partial charge in [0, 0.05) is 18.5 Å². The van der Waals surface area contributed by atoms with E-state index in [1.54, 1.807) is 4.90 Å². The first-order valence-corrected chi connectivity index (χ1v) is 5.94. The smallest absolute Gasteiger partial charge is 0.229 e. The Morgan fingerprint density at radius 3 is 2.76 bits per heavy atom. The monoisotopic (exact) mass is 234 g/mol. The molecule has 2 unspecified atom stereocenters. The highest BCUT2D eigenvalue weighted by Gasteiger charge is 2.36. The summed E-state index contributed by atoms with van der Waals surface area (Å²) in [6.07, 6.45) is 0.404. The zero-order valence-electron chi connectivity index (χ0n) is 10.2. The van der Waals surface area contributed by atoms with Gasteiger partial charge in [-0.1, -0.05) is 12.1 Å². The lowest BCUT2D eigenvalue weighted by Crippen LogP contribution is -2.38. The summed E-state index contributed by atoms with van der Waals surface area (Å²) >= 11 is 0. The third kappa shape index (κ3) is 2.13. The lowest BCUT2D eigenvalue weighted by atomic mass is 10.1. The van der Waals surface area contributed by atoms with Gasteiger partial charge in [-0.2, -0.15) is 0 Å². The van der Waals surface area contributed by atoms with Crippen molar-refractivity contribution >= 4 is 11.6 Å². The number of amides is 1. The molecule has 1 aromatic carbocycles. The van der Waals surface area contributed by atoms with Crippen molar-refractivity contribution in [2.24, 2.45) is 5.73 Å². The van der Waals surface area contributed by atoms with Gasteiger partial charge in [-0.25, -0.2) is 0 Å². The van der Waals surface area contributed by atoms with Gasteiger partial charge < -0.3 is 15.4 Å². The van der Waals surface area contributed by atoms with E-state index in [4.69, 9.17) is 10.5 Å². The topological polar surface area (TPSA) is 55.6 Å². The highest BCUT2D eigenvalue weighted by atomic mass is 16.5. The van der Waals surface area contributed by atoms with Crippen LogP contribution in [-0.4, -0.2) is 24.6 Å². The lowest BCUT2D eigenvalue weighted by molar-refractivity contribution is -0.117. The number of benzene rings is 1. The van der Waals surface area contributed by atoms with Crippen LogP contribution >= 0.6 is 0 Å². The van der Waals surface area contributed by atoms with Gasteiger partial charge in [0.05, 0.1) is 12.3 Å². The van der Waals surface area contributed by atoms with Crippen LogP contribution in [-0.2, 0) is 4.79 Å². The van der Waals surface area contributed by atoms with Gasteiger partial charge >= 0.3 is 0 Å². The molecule has 4 nitrogen and oxygen atoms in total. The number of nitrogens with two attached hydrogens (primary N) is 1. The first-order valence-electron chi connectivity index (χ1n) is 5.94. The maximum Gasteiger partial charge on any atom is 0.229 e. The van der Waals surface area contributed by atoms with Crippen molar-refractivity contribution in [3.63, 3.8) is 0 Å². The molecule has 1 fully saturated rings. The Kier molecular flexibility index (Phi) is 3.33. The number of rotatable bonds is 3. The minimum Gasteiger partial charge on any atom is -0.492 e. The van der Waals surface area contributed by atoms with Crippen molar-refractivity contribution in [3.8, 4) is 5.75 Å². The van der Waals surface area contributed by atoms with Crippen LogP contribution < -0.4 is 15.4 Å². The number of nitrogens with zero attached hydrogens (tertiary/aromatic N) is 1. The summed E-state index contributed by atoms with van der Waals surface area (Å²) < 4.78 is 5.55. The molecule has 0 aliphatic carbocycles. The zero-order valence-corrected chi connectivity index (χ0v) is 10.2. The summed E-state index contributed by atoms with van der Waals surface area (Å²) in [5.41, 5.74) is 6.74. The molecule has 0 spiro atoms. The highest BCUT2D eigenvalue weighted by molar-refractivity contribution is 5.98. The van der Waals surface area contributed by atoms with E-state index in [1.807, 2.05) is 38.1 Å². The molecule has 0 saturated carbocycles. The van der Waals surface area contributed by atoms with Crippen LogP contribution in [0.5, 0.6) is 5.75 Å². The largest absolute Gasteiger partial charge is 0.492 e. The van der Waals surface area contributed by atoms with E-state index < -0.39 is 0 Å². The quantitative estimate of drug-likeness (QED) is 0.863. The fraction of sp³-hybridized carbons (Fsp3) is 0.462. The second-order valence-corrected chi connectivity index (χ2v) is 4.27. The molecule has 1 aliphatic heterocycles. The maximum absolute atomic E-state index is 11.9. The predicted molar refractivity (Wildman–Crippen MR) is 67.2 cm³/mol. The van der Waals surface area contributed by atoms with Gasteiger partial charge in [0.25, 0.3) is 0 Å². The van der Waals surface area contributed by atoms with E-state index in [0.29, 0.717) is 13.0 Å². The van der Waals surface area contributed by atoms with Crippen molar-refractivity contribution in [1.29, 1.82) is 0 Å². The maximum atomic E-state index is 11.9. The van der Waals surface area contributed by atoms with Crippen molar-refractivity contribution in [2.45, 2.75) is 32.4 Å². The molecule has 1 aromatic rings. The Bertz CT molecular complexity index is 420. The first kappa shape index (κ1) is 11.9. The normalized spacial score (nSPS) is 24.2. The lowest BCUT2D eigenvalue weighted by Gasteiger charge is -2.25. The summed E-state index contributed by atoms with van der Waals surface area (Å²) in [7, 11) is 0. The van der Waals surface area contributed by atoms with Gasteiger partial charge in [0.2, 0.25) is 5.91 Å². The number of hydrogen-bond acceptors (Lipinski definition) is 3. The second kappa shape index (κ2) is 4.75. The van der Waals surface area contributed by atoms with E-state index >= 15 is 0 Å². The Labute approximate surface area is 101 Å². The van der Waals surface area contributed by atoms with Crippen molar-refractivity contribution < 1.29 is 9.53 Å². The molecule has 1 saturated heterocycles. The van der Waals surface area contributed by atoms with E-state index in [-0.39, 0.29) is 18.0 Å². The molecule has 2 atom stereocenters. The molecular formula is C13H18N2O2. The molecule has 1 aliphatic rings.